The third kappa shape index (κ3) is 5.63. The number of pyridine rings is 1. The Hall–Kier alpha value is 0.0600. The van der Waals surface area contributed by atoms with Crippen LogP contribution in [0.25, 0.3) is 0 Å². The van der Waals surface area contributed by atoms with E-state index in [9.17, 15) is 0 Å². The first-order valence-corrected chi connectivity index (χ1v) is 6.91. The summed E-state index contributed by atoms with van der Waals surface area (Å²) in [6, 6.07) is 0. The summed E-state index contributed by atoms with van der Waals surface area (Å²) in [7, 11) is 1.70. The second-order valence-corrected chi connectivity index (χ2v) is 4.90. The van der Waals surface area contributed by atoms with Crippen molar-refractivity contribution < 1.29 is 13.5 Å². The van der Waals surface area contributed by atoms with E-state index < -0.39 is 11.1 Å². The van der Waals surface area contributed by atoms with E-state index in [4.69, 9.17) is 13.5 Å². The van der Waals surface area contributed by atoms with Crippen LogP contribution in [0.3, 0.4) is 0 Å². The number of rotatable bonds is 1. The van der Waals surface area contributed by atoms with Gasteiger partial charge in [-0.1, -0.05) is 0 Å². The quantitative estimate of drug-likeness (QED) is 0.567. The summed E-state index contributed by atoms with van der Waals surface area (Å²) in [6.07, 6.45) is 3.06. The molecule has 0 saturated carbocycles. The van der Waals surface area contributed by atoms with Gasteiger partial charge in [-0.25, -0.2) is 4.21 Å². The molecule has 0 radical (unpaired) electrons. The zero-order valence-corrected chi connectivity index (χ0v) is 12.5. The fourth-order valence-electron chi connectivity index (χ4n) is 1.12. The molecule has 1 aromatic heterocycles. The maximum absolute atomic E-state index is 9.11. The van der Waals surface area contributed by atoms with Gasteiger partial charge in [0.05, 0.1) is 0 Å². The Morgan fingerprint density at radius 3 is 2.33 bits per heavy atom. The average molecular weight is 239 g/mol. The number of ether oxygens (including phenoxy) is 1. The van der Waals surface area contributed by atoms with Crippen LogP contribution in [0.15, 0.2) is 6.20 Å². The van der Waals surface area contributed by atoms with Gasteiger partial charge in [0.1, 0.15) is 11.1 Å². The number of methoxy groups -OCH3 is 1. The van der Waals surface area contributed by atoms with E-state index in [2.05, 4.69) is 11.9 Å². The van der Waals surface area contributed by atoms with Gasteiger partial charge in [-0.2, -0.15) is 0 Å². The predicted molar refractivity (Wildman–Crippen MR) is 62.3 cm³/mol. The molecule has 4 nitrogen and oxygen atoms in total. The predicted octanol–water partition coefficient (Wildman–Crippen LogP) is 0.339. The van der Waals surface area contributed by atoms with Gasteiger partial charge in [0.2, 0.25) is 0 Å². The molecule has 1 atom stereocenters. The molecule has 1 rings (SSSR count). The van der Waals surface area contributed by atoms with E-state index >= 15 is 0 Å². The smallest absolute Gasteiger partial charge is 0.149 e. The minimum atomic E-state index is -1.61. The molecule has 80 valence electrons. The maximum Gasteiger partial charge on any atom is 0.149 e. The van der Waals surface area contributed by atoms with E-state index in [1.807, 2.05) is 13.1 Å². The fourth-order valence-corrected chi connectivity index (χ4v) is 1.48. The topological polar surface area (TPSA) is 59.4 Å². The molecule has 0 saturated heterocycles. The zero-order chi connectivity index (χ0) is 12.0. The summed E-state index contributed by atoms with van der Waals surface area (Å²) < 4.78 is 23.1. The van der Waals surface area contributed by atoms with Crippen LogP contribution in [0.5, 0.6) is 5.75 Å². The van der Waals surface area contributed by atoms with Gasteiger partial charge in [0, 0.05) is 6.26 Å². The Balaban J connectivity index is 0.000000423. The molecule has 0 aliphatic rings. The van der Waals surface area contributed by atoms with Crippen LogP contribution in [-0.4, -0.2) is 55.0 Å². The Morgan fingerprint density at radius 1 is 1.53 bits per heavy atom. The van der Waals surface area contributed by atoms with E-state index in [0.717, 1.165) is 39.2 Å². The van der Waals surface area contributed by atoms with Gasteiger partial charge in [0.25, 0.3) is 0 Å². The van der Waals surface area contributed by atoms with Gasteiger partial charge >= 0.3 is 84.6 Å². The Morgan fingerprint density at radius 2 is 2.00 bits per heavy atom. The normalized spacial score (nSPS) is 11.4. The Labute approximate surface area is 110 Å². The van der Waals surface area contributed by atoms with Crippen LogP contribution < -0.4 is 7.68 Å². The van der Waals surface area contributed by atoms with Crippen LogP contribution in [0.1, 0.15) is 11.1 Å². The van der Waals surface area contributed by atoms with E-state index in [1.54, 1.807) is 7.11 Å². The van der Waals surface area contributed by atoms with Crippen molar-refractivity contribution in [2.24, 2.45) is 0 Å². The standard InChI is InChI=1S/C8H10NO.CH4O2S.Na/c1-6-4-9-5-7(2)8(6)10-3;1-4(2)3;/h4H,1-3H3;1H3,(H,2,3);. The number of hydrogen-bond acceptors (Lipinski definition) is 3. The third-order valence-corrected chi connectivity index (χ3v) is 2.91. The second-order valence-electron chi connectivity index (χ2n) is 3.11. The van der Waals surface area contributed by atoms with Crippen LogP contribution >= 0.6 is 0 Å². The van der Waals surface area contributed by atoms with Crippen molar-refractivity contribution in [3.8, 4) is 5.75 Å². The van der Waals surface area contributed by atoms with Crippen LogP contribution in [0.4, 0.5) is 0 Å². The zero-order valence-electron chi connectivity index (χ0n) is 9.70. The molecule has 0 fully saturated rings. The van der Waals surface area contributed by atoms with Crippen molar-refractivity contribution >= 4 is 42.0 Å². The summed E-state index contributed by atoms with van der Waals surface area (Å²) in [6.45, 7) is 4.07. The number of aryl methyl sites for hydroxylation is 1. The monoisotopic (exact) mass is 239 g/mol. The molecule has 0 spiro atoms. The van der Waals surface area contributed by atoms with Crippen molar-refractivity contribution in [1.82, 2.24) is 4.98 Å². The molecule has 15 heavy (non-hydrogen) atoms. The first kappa shape index (κ1) is 15.1. The van der Waals surface area contributed by atoms with Crippen molar-refractivity contribution in [2.75, 3.05) is 13.4 Å². The summed E-state index contributed by atoms with van der Waals surface area (Å²) >= 11 is -0.625. The van der Waals surface area contributed by atoms with E-state index in [-0.39, 0.29) is 0 Å². The maximum atomic E-state index is 9.11. The van der Waals surface area contributed by atoms with Crippen molar-refractivity contribution in [3.05, 3.63) is 17.3 Å². The molecule has 0 aromatic carbocycles. The summed E-state index contributed by atoms with van der Waals surface area (Å²) in [5.41, 5.74) is 2.31. The van der Waals surface area contributed by atoms with Crippen molar-refractivity contribution in [1.29, 1.82) is 0 Å². The van der Waals surface area contributed by atoms with Gasteiger partial charge in [-0.05, 0) is 0 Å². The van der Waals surface area contributed by atoms with Gasteiger partial charge < -0.3 is 4.55 Å². The fraction of sp³-hybridized carbons (Fsp3) is 0.444. The van der Waals surface area contributed by atoms with Crippen LogP contribution in [0.2, 0.25) is 0 Å². The third-order valence-electron chi connectivity index (χ3n) is 1.90. The van der Waals surface area contributed by atoms with Crippen molar-refractivity contribution in [3.63, 3.8) is 0 Å². The van der Waals surface area contributed by atoms with E-state index in [1.165, 1.54) is 14.8 Å². The number of aromatic nitrogens is 1. The minimum Gasteiger partial charge on any atom is -0.306 e. The van der Waals surface area contributed by atoms with E-state index in [0.29, 0.717) is 0 Å². The summed E-state index contributed by atoms with van der Waals surface area (Å²) in [4.78, 5) is 4.27. The Kier molecular flexibility index (Phi) is 7.38. The van der Waals surface area contributed by atoms with Crippen LogP contribution in [0, 0.1) is 13.8 Å². The minimum absolute atomic E-state index is 0.986. The average Bonchev–Trinajstić information content (AvgIpc) is 2.12. The summed E-state index contributed by atoms with van der Waals surface area (Å²) in [5.74, 6) is 0.991. The number of nitrogens with zero attached hydrogens (tertiary/aromatic N) is 1. The molecule has 0 aliphatic heterocycles. The first-order chi connectivity index (χ1) is 6.90. The van der Waals surface area contributed by atoms with Gasteiger partial charge in [-0.15, -0.1) is 0 Å². The molecule has 1 N–H and O–H groups in total. The van der Waals surface area contributed by atoms with Crippen molar-refractivity contribution in [2.45, 2.75) is 13.8 Å². The molecular formula is C9H14NNaO3S. The van der Waals surface area contributed by atoms with Gasteiger partial charge in [0.15, 0.2) is 0 Å². The molecule has 6 heteroatoms. The SMILES string of the molecule is COc1c(C)cn[c]([Na])c1C.CS(=O)O. The molecule has 1 unspecified atom stereocenters. The molecular weight excluding hydrogens is 225 g/mol. The second kappa shape index (κ2) is 7.35. The molecule has 1 heterocycles. The molecule has 0 aliphatic carbocycles. The first-order valence-electron chi connectivity index (χ1n) is 4.39. The largest absolute Gasteiger partial charge is 0.306 e. The van der Waals surface area contributed by atoms with Gasteiger partial charge in [-0.3, -0.25) is 0 Å². The van der Waals surface area contributed by atoms with Crippen LogP contribution in [-0.2, 0) is 11.1 Å². The molecule has 0 bridgehead atoms. The number of hydrogen-bond donors (Lipinski definition) is 1. The summed E-state index contributed by atoms with van der Waals surface area (Å²) in [5, 5.41) is 0. The Bertz CT molecular complexity index is 353. The molecule has 0 amide bonds. The molecule has 1 aromatic rings.